The van der Waals surface area contributed by atoms with E-state index in [1.807, 2.05) is 0 Å². The molecule has 0 aromatic heterocycles. The molecule has 2 aromatic carbocycles. The van der Waals surface area contributed by atoms with E-state index in [1.165, 1.54) is 30.5 Å². The molecule has 1 saturated heterocycles. The second-order valence-corrected chi connectivity index (χ2v) is 8.34. The summed E-state index contributed by atoms with van der Waals surface area (Å²) in [6.45, 7) is 7.62. The third kappa shape index (κ3) is 5.25. The Labute approximate surface area is 172 Å². The van der Waals surface area contributed by atoms with Crippen molar-refractivity contribution in [1.82, 2.24) is 5.32 Å². The molecule has 0 amide bonds. The van der Waals surface area contributed by atoms with Crippen molar-refractivity contribution in [3.8, 4) is 5.75 Å². The topological polar surface area (TPSA) is 21.3 Å². The summed E-state index contributed by atoms with van der Waals surface area (Å²) < 4.78 is 7.08. The standard InChI is InChI=1S/C22H28BrNO.ClH/c1-22(2,18-8-4-3-5-9-18)19-10-11-21(20(23)15-19)25-14-12-17-7-6-13-24-16-17;/h3-5,8-11,15,17,24H,6-7,12-14,16H2,1-2H3;1H. The van der Waals surface area contributed by atoms with Gasteiger partial charge < -0.3 is 10.1 Å². The Kier molecular flexibility index (Phi) is 8.00. The third-order valence-corrected chi connectivity index (χ3v) is 5.95. The molecule has 0 aliphatic carbocycles. The summed E-state index contributed by atoms with van der Waals surface area (Å²) in [5.41, 5.74) is 2.57. The van der Waals surface area contributed by atoms with Gasteiger partial charge in [0.05, 0.1) is 11.1 Å². The number of halogens is 2. The summed E-state index contributed by atoms with van der Waals surface area (Å²) in [5, 5.41) is 3.47. The number of ether oxygens (including phenoxy) is 1. The van der Waals surface area contributed by atoms with Gasteiger partial charge in [0.15, 0.2) is 0 Å². The van der Waals surface area contributed by atoms with E-state index in [0.717, 1.165) is 35.7 Å². The van der Waals surface area contributed by atoms with Gasteiger partial charge in [-0.05, 0) is 77.5 Å². The molecule has 26 heavy (non-hydrogen) atoms. The Hall–Kier alpha value is -1.03. The van der Waals surface area contributed by atoms with Crippen LogP contribution >= 0.6 is 28.3 Å². The molecule has 0 bridgehead atoms. The minimum absolute atomic E-state index is 0. The fourth-order valence-corrected chi connectivity index (χ4v) is 4.03. The van der Waals surface area contributed by atoms with E-state index in [2.05, 4.69) is 83.6 Å². The zero-order chi connectivity index (χ0) is 17.7. The van der Waals surface area contributed by atoms with E-state index in [4.69, 9.17) is 4.74 Å². The highest BCUT2D eigenvalue weighted by Gasteiger charge is 2.23. The maximum Gasteiger partial charge on any atom is 0.133 e. The lowest BCUT2D eigenvalue weighted by atomic mass is 9.78. The van der Waals surface area contributed by atoms with Crippen molar-refractivity contribution in [3.63, 3.8) is 0 Å². The zero-order valence-corrected chi connectivity index (χ0v) is 18.0. The average Bonchev–Trinajstić information content (AvgIpc) is 2.64. The van der Waals surface area contributed by atoms with E-state index >= 15 is 0 Å². The number of rotatable bonds is 6. The molecular weight excluding hydrogens is 410 g/mol. The van der Waals surface area contributed by atoms with Crippen LogP contribution in [-0.4, -0.2) is 19.7 Å². The molecule has 2 aromatic rings. The van der Waals surface area contributed by atoms with Gasteiger partial charge in [0.2, 0.25) is 0 Å². The molecule has 1 atom stereocenters. The van der Waals surface area contributed by atoms with E-state index in [1.54, 1.807) is 0 Å². The van der Waals surface area contributed by atoms with Crippen LogP contribution in [0.25, 0.3) is 0 Å². The van der Waals surface area contributed by atoms with Gasteiger partial charge >= 0.3 is 0 Å². The first kappa shape index (κ1) is 21.3. The lowest BCUT2D eigenvalue weighted by molar-refractivity contribution is 0.253. The van der Waals surface area contributed by atoms with Gasteiger partial charge in [0.25, 0.3) is 0 Å². The molecule has 0 radical (unpaired) electrons. The van der Waals surface area contributed by atoms with Crippen molar-refractivity contribution in [2.24, 2.45) is 5.92 Å². The fourth-order valence-electron chi connectivity index (χ4n) is 3.53. The highest BCUT2D eigenvalue weighted by atomic mass is 79.9. The molecular formula is C22H29BrClNO. The highest BCUT2D eigenvalue weighted by Crippen LogP contribution is 2.36. The second kappa shape index (κ2) is 9.77. The van der Waals surface area contributed by atoms with Gasteiger partial charge in [0.1, 0.15) is 5.75 Å². The lowest BCUT2D eigenvalue weighted by Gasteiger charge is -2.27. The first-order valence-electron chi connectivity index (χ1n) is 9.26. The summed E-state index contributed by atoms with van der Waals surface area (Å²) in [5.74, 6) is 1.69. The van der Waals surface area contributed by atoms with Crippen LogP contribution in [0.5, 0.6) is 5.75 Å². The zero-order valence-electron chi connectivity index (χ0n) is 15.6. The summed E-state index contributed by atoms with van der Waals surface area (Å²) >= 11 is 3.70. The van der Waals surface area contributed by atoms with Crippen LogP contribution in [0.3, 0.4) is 0 Å². The minimum atomic E-state index is -0.0317. The van der Waals surface area contributed by atoms with Crippen molar-refractivity contribution in [1.29, 1.82) is 0 Å². The molecule has 4 heteroatoms. The van der Waals surface area contributed by atoms with Crippen molar-refractivity contribution >= 4 is 28.3 Å². The van der Waals surface area contributed by atoms with Crippen LogP contribution in [0.1, 0.15) is 44.2 Å². The van der Waals surface area contributed by atoms with Gasteiger partial charge in [-0.25, -0.2) is 0 Å². The van der Waals surface area contributed by atoms with Crippen molar-refractivity contribution in [3.05, 3.63) is 64.1 Å². The summed E-state index contributed by atoms with van der Waals surface area (Å²) in [4.78, 5) is 0. The summed E-state index contributed by atoms with van der Waals surface area (Å²) in [6, 6.07) is 17.1. The van der Waals surface area contributed by atoms with Crippen LogP contribution < -0.4 is 10.1 Å². The fraction of sp³-hybridized carbons (Fsp3) is 0.455. The second-order valence-electron chi connectivity index (χ2n) is 7.49. The Morgan fingerprint density at radius 1 is 1.12 bits per heavy atom. The smallest absolute Gasteiger partial charge is 0.133 e. The van der Waals surface area contributed by atoms with Crippen LogP contribution in [-0.2, 0) is 5.41 Å². The number of hydrogen-bond donors (Lipinski definition) is 1. The van der Waals surface area contributed by atoms with Gasteiger partial charge in [-0.1, -0.05) is 50.2 Å². The van der Waals surface area contributed by atoms with Crippen LogP contribution in [0, 0.1) is 5.92 Å². The SMILES string of the molecule is CC(C)(c1ccccc1)c1ccc(OCCC2CCCNC2)c(Br)c1.Cl. The monoisotopic (exact) mass is 437 g/mol. The van der Waals surface area contributed by atoms with E-state index in [9.17, 15) is 0 Å². The molecule has 3 rings (SSSR count). The maximum atomic E-state index is 6.04. The third-order valence-electron chi connectivity index (χ3n) is 5.33. The van der Waals surface area contributed by atoms with Crippen LogP contribution in [0.15, 0.2) is 53.0 Å². The summed E-state index contributed by atoms with van der Waals surface area (Å²) in [7, 11) is 0. The van der Waals surface area contributed by atoms with E-state index < -0.39 is 0 Å². The molecule has 142 valence electrons. The molecule has 1 N–H and O–H groups in total. The molecule has 1 aliphatic heterocycles. The highest BCUT2D eigenvalue weighted by molar-refractivity contribution is 9.10. The van der Waals surface area contributed by atoms with Gasteiger partial charge in [-0.2, -0.15) is 0 Å². The van der Waals surface area contributed by atoms with Crippen molar-refractivity contribution in [2.75, 3.05) is 19.7 Å². The van der Waals surface area contributed by atoms with E-state index in [0.29, 0.717) is 0 Å². The Morgan fingerprint density at radius 3 is 2.54 bits per heavy atom. The summed E-state index contributed by atoms with van der Waals surface area (Å²) in [6.07, 6.45) is 3.73. The normalized spacial score (nSPS) is 17.4. The van der Waals surface area contributed by atoms with Crippen molar-refractivity contribution in [2.45, 2.75) is 38.5 Å². The van der Waals surface area contributed by atoms with Gasteiger partial charge in [-0.15, -0.1) is 12.4 Å². The number of benzene rings is 2. The van der Waals surface area contributed by atoms with Crippen molar-refractivity contribution < 1.29 is 4.74 Å². The Balaban J connectivity index is 0.00000243. The molecule has 1 fully saturated rings. The number of hydrogen-bond acceptors (Lipinski definition) is 2. The van der Waals surface area contributed by atoms with Gasteiger partial charge in [-0.3, -0.25) is 0 Å². The first-order chi connectivity index (χ1) is 12.1. The average molecular weight is 439 g/mol. The maximum absolute atomic E-state index is 6.04. The molecule has 0 saturated carbocycles. The molecule has 1 unspecified atom stereocenters. The number of piperidine rings is 1. The lowest BCUT2D eigenvalue weighted by Crippen LogP contribution is -2.30. The van der Waals surface area contributed by atoms with E-state index in [-0.39, 0.29) is 17.8 Å². The molecule has 2 nitrogen and oxygen atoms in total. The quantitative estimate of drug-likeness (QED) is 0.600. The first-order valence-corrected chi connectivity index (χ1v) is 10.1. The largest absolute Gasteiger partial charge is 0.492 e. The Bertz CT molecular complexity index is 684. The predicted octanol–water partition coefficient (Wildman–Crippen LogP) is 5.97. The Morgan fingerprint density at radius 2 is 1.88 bits per heavy atom. The predicted molar refractivity (Wildman–Crippen MR) is 116 cm³/mol. The van der Waals surface area contributed by atoms with Crippen LogP contribution in [0.2, 0.25) is 0 Å². The van der Waals surface area contributed by atoms with Gasteiger partial charge in [0, 0.05) is 5.41 Å². The number of nitrogens with one attached hydrogen (secondary N) is 1. The molecule has 0 spiro atoms. The molecule has 1 heterocycles. The molecule has 1 aliphatic rings. The minimum Gasteiger partial charge on any atom is -0.492 e. The van der Waals surface area contributed by atoms with Crippen LogP contribution in [0.4, 0.5) is 0 Å².